The zero-order valence-corrected chi connectivity index (χ0v) is 11.9. The van der Waals surface area contributed by atoms with Crippen molar-refractivity contribution in [2.45, 2.75) is 19.9 Å². The lowest BCUT2D eigenvalue weighted by Gasteiger charge is -2.05. The Balaban J connectivity index is 2.15. The number of aryl methyl sites for hydroxylation is 4. The van der Waals surface area contributed by atoms with Crippen molar-refractivity contribution in [1.82, 2.24) is 19.3 Å². The molecule has 17 heavy (non-hydrogen) atoms. The third-order valence-electron chi connectivity index (χ3n) is 2.56. The minimum absolute atomic E-state index is 0.0296. The van der Waals surface area contributed by atoms with E-state index in [4.69, 9.17) is 0 Å². The minimum Gasteiger partial charge on any atom is -0.298 e. The van der Waals surface area contributed by atoms with Gasteiger partial charge in [0.1, 0.15) is 0 Å². The Labute approximate surface area is 113 Å². The molecule has 0 saturated heterocycles. The van der Waals surface area contributed by atoms with Crippen LogP contribution in [-0.2, 0) is 20.0 Å². The molecule has 0 aliphatic heterocycles. The normalized spacial score (nSPS) is 10.8. The predicted octanol–water partition coefficient (Wildman–Crippen LogP) is 1.13. The smallest absolute Gasteiger partial charge is 0.267 e. The zero-order chi connectivity index (χ0) is 12.4. The van der Waals surface area contributed by atoms with Crippen molar-refractivity contribution in [3.05, 3.63) is 43.9 Å². The molecule has 2 rings (SSSR count). The molecule has 6 heteroatoms. The summed E-state index contributed by atoms with van der Waals surface area (Å²) in [6, 6.07) is 0. The maximum absolute atomic E-state index is 11.9. The van der Waals surface area contributed by atoms with E-state index in [1.165, 1.54) is 0 Å². The monoisotopic (exact) mass is 344 g/mol. The molecule has 0 spiro atoms. The molecule has 0 bridgehead atoms. The molecule has 0 atom stereocenters. The highest BCUT2D eigenvalue weighted by Crippen LogP contribution is 2.03. The maximum Gasteiger partial charge on any atom is 0.267 e. The van der Waals surface area contributed by atoms with Crippen molar-refractivity contribution < 1.29 is 0 Å². The van der Waals surface area contributed by atoms with Crippen LogP contribution < -0.4 is 5.56 Å². The van der Waals surface area contributed by atoms with Crippen LogP contribution in [0.25, 0.3) is 0 Å². The lowest BCUT2D eigenvalue weighted by Crippen LogP contribution is -2.24. The van der Waals surface area contributed by atoms with E-state index >= 15 is 0 Å². The molecule has 0 aliphatic carbocycles. The standard InChI is InChI=1S/C11H13IN4O/c1-8-10(12)11(17)16(7-13-8)4-3-9-5-14-15(2)6-9/h5-7H,3-4H2,1-2H3. The van der Waals surface area contributed by atoms with E-state index in [1.54, 1.807) is 15.6 Å². The molecule has 0 aromatic carbocycles. The quantitative estimate of drug-likeness (QED) is 0.785. The van der Waals surface area contributed by atoms with E-state index < -0.39 is 0 Å². The molecule has 90 valence electrons. The van der Waals surface area contributed by atoms with Crippen LogP contribution in [0, 0.1) is 10.5 Å². The highest BCUT2D eigenvalue weighted by molar-refractivity contribution is 14.1. The van der Waals surface area contributed by atoms with E-state index in [9.17, 15) is 4.79 Å². The summed E-state index contributed by atoms with van der Waals surface area (Å²) in [4.78, 5) is 16.1. The number of nitrogens with zero attached hydrogens (tertiary/aromatic N) is 4. The highest BCUT2D eigenvalue weighted by Gasteiger charge is 2.05. The number of rotatable bonds is 3. The average molecular weight is 344 g/mol. The molecule has 2 heterocycles. The summed E-state index contributed by atoms with van der Waals surface area (Å²) in [5, 5.41) is 4.10. The van der Waals surface area contributed by atoms with Crippen LogP contribution >= 0.6 is 22.6 Å². The van der Waals surface area contributed by atoms with E-state index in [1.807, 2.05) is 49.0 Å². The first-order valence-electron chi connectivity index (χ1n) is 5.27. The molecule has 0 aliphatic rings. The topological polar surface area (TPSA) is 52.7 Å². The Kier molecular flexibility index (Phi) is 3.60. The summed E-state index contributed by atoms with van der Waals surface area (Å²) in [7, 11) is 1.88. The molecule has 0 amide bonds. The van der Waals surface area contributed by atoms with Gasteiger partial charge in [-0.1, -0.05) is 0 Å². The second-order valence-electron chi connectivity index (χ2n) is 3.91. The molecule has 2 aromatic rings. The highest BCUT2D eigenvalue weighted by atomic mass is 127. The van der Waals surface area contributed by atoms with Gasteiger partial charge in [0.05, 0.1) is 21.8 Å². The first-order chi connectivity index (χ1) is 8.08. The first-order valence-corrected chi connectivity index (χ1v) is 6.35. The number of aromatic nitrogens is 4. The fourth-order valence-corrected chi connectivity index (χ4v) is 2.01. The van der Waals surface area contributed by atoms with Crippen molar-refractivity contribution in [1.29, 1.82) is 0 Å². The van der Waals surface area contributed by atoms with Crippen LogP contribution in [0.2, 0.25) is 0 Å². The van der Waals surface area contributed by atoms with E-state index in [2.05, 4.69) is 10.1 Å². The maximum atomic E-state index is 11.9. The molecular weight excluding hydrogens is 331 g/mol. The van der Waals surface area contributed by atoms with Crippen molar-refractivity contribution in [3.8, 4) is 0 Å². The van der Waals surface area contributed by atoms with E-state index in [0.717, 1.165) is 17.7 Å². The number of hydrogen-bond acceptors (Lipinski definition) is 3. The minimum atomic E-state index is 0.0296. The van der Waals surface area contributed by atoms with Gasteiger partial charge in [0.15, 0.2) is 0 Å². The summed E-state index contributed by atoms with van der Waals surface area (Å²) in [5.74, 6) is 0. The molecule has 2 aromatic heterocycles. The first kappa shape index (κ1) is 12.3. The second-order valence-corrected chi connectivity index (χ2v) is 4.99. The van der Waals surface area contributed by atoms with Crippen LogP contribution in [-0.4, -0.2) is 19.3 Å². The molecule has 0 radical (unpaired) electrons. The summed E-state index contributed by atoms with van der Waals surface area (Å²) in [6.45, 7) is 2.47. The predicted molar refractivity (Wildman–Crippen MR) is 72.9 cm³/mol. The fraction of sp³-hybridized carbons (Fsp3) is 0.364. The lowest BCUT2D eigenvalue weighted by atomic mass is 10.2. The van der Waals surface area contributed by atoms with Crippen LogP contribution in [0.4, 0.5) is 0 Å². The van der Waals surface area contributed by atoms with Crippen molar-refractivity contribution in [3.63, 3.8) is 0 Å². The SMILES string of the molecule is Cc1ncn(CCc2cnn(C)c2)c(=O)c1I. The van der Waals surface area contributed by atoms with Crippen LogP contribution in [0.1, 0.15) is 11.3 Å². The van der Waals surface area contributed by atoms with Crippen LogP contribution in [0.3, 0.4) is 0 Å². The van der Waals surface area contributed by atoms with Crippen molar-refractivity contribution in [2.24, 2.45) is 7.05 Å². The van der Waals surface area contributed by atoms with E-state index in [0.29, 0.717) is 10.1 Å². The second kappa shape index (κ2) is 4.99. The summed E-state index contributed by atoms with van der Waals surface area (Å²) in [5.41, 5.74) is 1.94. The van der Waals surface area contributed by atoms with Gasteiger partial charge >= 0.3 is 0 Å². The Morgan fingerprint density at radius 2 is 2.24 bits per heavy atom. The lowest BCUT2D eigenvalue weighted by molar-refractivity contribution is 0.646. The van der Waals surface area contributed by atoms with Gasteiger partial charge in [0, 0.05) is 19.8 Å². The number of hydrogen-bond donors (Lipinski definition) is 0. The van der Waals surface area contributed by atoms with Crippen molar-refractivity contribution in [2.75, 3.05) is 0 Å². The summed E-state index contributed by atoms with van der Waals surface area (Å²) in [6.07, 6.45) is 6.17. The van der Waals surface area contributed by atoms with Gasteiger partial charge in [-0.15, -0.1) is 0 Å². The van der Waals surface area contributed by atoms with Gasteiger partial charge in [-0.05, 0) is 41.5 Å². The molecule has 0 saturated carbocycles. The molecule has 5 nitrogen and oxygen atoms in total. The van der Waals surface area contributed by atoms with Gasteiger partial charge in [-0.25, -0.2) is 4.98 Å². The third-order valence-corrected chi connectivity index (χ3v) is 3.80. The molecular formula is C11H13IN4O. The Hall–Kier alpha value is -1.18. The van der Waals surface area contributed by atoms with Crippen molar-refractivity contribution >= 4 is 22.6 Å². The Bertz CT molecular complexity index is 587. The third kappa shape index (κ3) is 2.74. The zero-order valence-electron chi connectivity index (χ0n) is 9.72. The fourth-order valence-electron chi connectivity index (χ4n) is 1.56. The Morgan fingerprint density at radius 3 is 2.88 bits per heavy atom. The van der Waals surface area contributed by atoms with Gasteiger partial charge in [-0.2, -0.15) is 5.10 Å². The largest absolute Gasteiger partial charge is 0.298 e. The van der Waals surface area contributed by atoms with Crippen LogP contribution in [0.5, 0.6) is 0 Å². The molecule has 0 fully saturated rings. The van der Waals surface area contributed by atoms with Gasteiger partial charge in [-0.3, -0.25) is 14.0 Å². The average Bonchev–Trinajstić information content (AvgIpc) is 2.71. The Morgan fingerprint density at radius 1 is 1.47 bits per heavy atom. The van der Waals surface area contributed by atoms with Gasteiger partial charge in [0.2, 0.25) is 0 Å². The molecule has 0 N–H and O–H groups in total. The van der Waals surface area contributed by atoms with E-state index in [-0.39, 0.29) is 5.56 Å². The van der Waals surface area contributed by atoms with Gasteiger partial charge in [0.25, 0.3) is 5.56 Å². The number of halogens is 1. The van der Waals surface area contributed by atoms with Crippen LogP contribution in [0.15, 0.2) is 23.5 Å². The molecule has 0 unspecified atom stereocenters. The summed E-state index contributed by atoms with van der Waals surface area (Å²) >= 11 is 2.04. The van der Waals surface area contributed by atoms with Gasteiger partial charge < -0.3 is 0 Å². The summed E-state index contributed by atoms with van der Waals surface area (Å²) < 4.78 is 4.09.